The Balaban J connectivity index is 1.25. The van der Waals surface area contributed by atoms with E-state index in [0.29, 0.717) is 57.1 Å². The first-order valence-electron chi connectivity index (χ1n) is 14.4. The Morgan fingerprint density at radius 1 is 1.02 bits per heavy atom. The van der Waals surface area contributed by atoms with Crippen LogP contribution in [0.5, 0.6) is 0 Å². The van der Waals surface area contributed by atoms with E-state index in [0.717, 1.165) is 48.1 Å². The maximum atomic E-state index is 13.4. The van der Waals surface area contributed by atoms with E-state index in [4.69, 9.17) is 4.74 Å². The minimum absolute atomic E-state index is 0.0266. The number of ether oxygens (including phenoxy) is 1. The van der Waals surface area contributed by atoms with Gasteiger partial charge in [-0.3, -0.25) is 14.5 Å². The third-order valence-corrected chi connectivity index (χ3v) is 8.52. The van der Waals surface area contributed by atoms with Crippen LogP contribution >= 0.6 is 0 Å². The second-order valence-electron chi connectivity index (χ2n) is 10.8. The van der Waals surface area contributed by atoms with Crippen molar-refractivity contribution in [3.05, 3.63) is 53.6 Å². The van der Waals surface area contributed by atoms with E-state index >= 15 is 0 Å². The predicted octanol–water partition coefficient (Wildman–Crippen LogP) is 3.12. The summed E-state index contributed by atoms with van der Waals surface area (Å²) in [6.45, 7) is 8.04. The van der Waals surface area contributed by atoms with Gasteiger partial charge in [0.05, 0.1) is 11.6 Å². The van der Waals surface area contributed by atoms with Gasteiger partial charge in [-0.25, -0.2) is 10.0 Å². The summed E-state index contributed by atoms with van der Waals surface area (Å²) in [5.41, 5.74) is 4.93. The van der Waals surface area contributed by atoms with Gasteiger partial charge in [-0.2, -0.15) is 5.48 Å². The molecule has 10 heteroatoms. The number of carbonyl (C=O) groups excluding carboxylic acids is 3. The summed E-state index contributed by atoms with van der Waals surface area (Å²) in [7, 11) is 0. The average molecular weight is 551 g/mol. The Morgan fingerprint density at radius 3 is 2.50 bits per heavy atom. The summed E-state index contributed by atoms with van der Waals surface area (Å²) in [5, 5.41) is 10.1. The lowest BCUT2D eigenvalue weighted by Gasteiger charge is -2.40. The zero-order chi connectivity index (χ0) is 28.2. The SMILES string of the molecule is CCN(CC)C(=O)C1CCCN(C(=O)c2ccc(N3CCC(N4C(=O)OCc5ccccc54)CC3)c([NH2+]O)c2)C1. The molecule has 3 aliphatic rings. The first kappa shape index (κ1) is 27.9. The molecule has 0 radical (unpaired) electrons. The van der Waals surface area contributed by atoms with Crippen LogP contribution < -0.4 is 15.3 Å². The summed E-state index contributed by atoms with van der Waals surface area (Å²) in [6, 6.07) is 13.3. The minimum Gasteiger partial charge on any atom is -0.444 e. The maximum Gasteiger partial charge on any atom is 0.414 e. The molecule has 3 heterocycles. The number of amides is 3. The van der Waals surface area contributed by atoms with E-state index in [1.54, 1.807) is 15.9 Å². The lowest BCUT2D eigenvalue weighted by atomic mass is 9.95. The molecule has 3 N–H and O–H groups in total. The quantitative estimate of drug-likeness (QED) is 0.405. The van der Waals surface area contributed by atoms with Gasteiger partial charge in [0.25, 0.3) is 5.91 Å². The molecule has 2 aromatic rings. The number of quaternary nitrogens is 1. The van der Waals surface area contributed by atoms with Gasteiger partial charge in [0.1, 0.15) is 12.3 Å². The normalized spacial score (nSPS) is 19.7. The highest BCUT2D eigenvalue weighted by Gasteiger charge is 2.35. The highest BCUT2D eigenvalue weighted by molar-refractivity contribution is 5.96. The highest BCUT2D eigenvalue weighted by Crippen LogP contribution is 2.34. The van der Waals surface area contributed by atoms with Crippen LogP contribution in [0, 0.1) is 5.92 Å². The van der Waals surface area contributed by atoms with Gasteiger partial charge in [-0.15, -0.1) is 0 Å². The Bertz CT molecular complexity index is 1240. The number of carbonyl (C=O) groups is 3. The summed E-state index contributed by atoms with van der Waals surface area (Å²) in [6.07, 6.45) is 2.80. The van der Waals surface area contributed by atoms with Crippen molar-refractivity contribution in [3.8, 4) is 0 Å². The first-order chi connectivity index (χ1) is 19.4. The van der Waals surface area contributed by atoms with Crippen molar-refractivity contribution in [2.45, 2.75) is 52.2 Å². The molecular weight excluding hydrogens is 510 g/mol. The number of para-hydroxylation sites is 1. The molecule has 214 valence electrons. The van der Waals surface area contributed by atoms with Gasteiger partial charge in [0.15, 0.2) is 5.69 Å². The molecule has 0 saturated carbocycles. The molecular formula is C30H40N5O5+. The monoisotopic (exact) mass is 550 g/mol. The van der Waals surface area contributed by atoms with E-state index in [9.17, 15) is 19.6 Å². The van der Waals surface area contributed by atoms with Crippen molar-refractivity contribution in [2.75, 3.05) is 49.1 Å². The van der Waals surface area contributed by atoms with Crippen molar-refractivity contribution in [1.29, 1.82) is 0 Å². The van der Waals surface area contributed by atoms with E-state index in [2.05, 4.69) is 4.90 Å². The summed E-state index contributed by atoms with van der Waals surface area (Å²) in [4.78, 5) is 46.6. The van der Waals surface area contributed by atoms with Crippen LogP contribution in [0.3, 0.4) is 0 Å². The number of hydrogen-bond acceptors (Lipinski definition) is 6. The number of piperidine rings is 2. The molecule has 0 aliphatic carbocycles. The Labute approximate surface area is 235 Å². The van der Waals surface area contributed by atoms with Gasteiger partial charge in [-0.1, -0.05) is 18.2 Å². The fraction of sp³-hybridized carbons (Fsp3) is 0.500. The zero-order valence-corrected chi connectivity index (χ0v) is 23.4. The molecule has 1 unspecified atom stereocenters. The molecule has 10 nitrogen and oxygen atoms in total. The van der Waals surface area contributed by atoms with Crippen molar-refractivity contribution in [2.24, 2.45) is 5.92 Å². The number of nitrogens with zero attached hydrogens (tertiary/aromatic N) is 4. The number of anilines is 2. The molecule has 2 aromatic carbocycles. The fourth-order valence-electron chi connectivity index (χ4n) is 6.30. The van der Waals surface area contributed by atoms with Crippen LogP contribution in [0.1, 0.15) is 55.5 Å². The molecule has 2 fully saturated rings. The number of benzene rings is 2. The van der Waals surface area contributed by atoms with E-state index in [1.165, 1.54) is 0 Å². The number of rotatable bonds is 7. The maximum absolute atomic E-state index is 13.4. The standard InChI is InChI=1S/C30H39N5O5/c1-3-32(4-2)29(37)22-9-7-15-34(19-22)28(36)21-11-12-27(25(18-21)31-39)33-16-13-24(14-17-33)35-26-10-6-5-8-23(26)20-40-30(35)38/h5-6,8,10-12,18,22,24,31,39H,3-4,7,9,13-17,19-20H2,1-2H3/p+1. The minimum atomic E-state index is -0.303. The van der Waals surface area contributed by atoms with E-state index < -0.39 is 0 Å². The molecule has 5 rings (SSSR count). The van der Waals surface area contributed by atoms with E-state index in [1.807, 2.05) is 55.1 Å². The van der Waals surface area contributed by atoms with E-state index in [-0.39, 0.29) is 29.9 Å². The average Bonchev–Trinajstić information content (AvgIpc) is 3.01. The molecule has 0 aromatic heterocycles. The Kier molecular flexibility index (Phi) is 8.56. The molecule has 0 spiro atoms. The summed E-state index contributed by atoms with van der Waals surface area (Å²) >= 11 is 0. The van der Waals surface area contributed by atoms with Crippen molar-refractivity contribution >= 4 is 35.0 Å². The Morgan fingerprint density at radius 2 is 1.77 bits per heavy atom. The summed E-state index contributed by atoms with van der Waals surface area (Å²) < 4.78 is 5.42. The predicted molar refractivity (Wildman–Crippen MR) is 151 cm³/mol. The van der Waals surface area contributed by atoms with Gasteiger partial charge < -0.3 is 19.4 Å². The second-order valence-corrected chi connectivity index (χ2v) is 10.8. The van der Waals surface area contributed by atoms with Crippen LogP contribution in [0.15, 0.2) is 42.5 Å². The van der Waals surface area contributed by atoms with Crippen LogP contribution in [-0.2, 0) is 16.1 Å². The van der Waals surface area contributed by atoms with Crippen LogP contribution in [0.4, 0.5) is 21.9 Å². The smallest absolute Gasteiger partial charge is 0.414 e. The number of nitrogens with two attached hydrogens (primary N) is 1. The topological polar surface area (TPSA) is 110 Å². The van der Waals surface area contributed by atoms with Gasteiger partial charge in [0, 0.05) is 62.5 Å². The van der Waals surface area contributed by atoms with Crippen molar-refractivity contribution < 1.29 is 29.8 Å². The third kappa shape index (κ3) is 5.51. The van der Waals surface area contributed by atoms with Gasteiger partial charge in [-0.05, 0) is 57.7 Å². The number of hydrogen-bond donors (Lipinski definition) is 2. The fourth-order valence-corrected chi connectivity index (χ4v) is 6.30. The Hall–Kier alpha value is -3.63. The van der Waals surface area contributed by atoms with Gasteiger partial charge in [0.2, 0.25) is 5.91 Å². The van der Waals surface area contributed by atoms with Crippen molar-refractivity contribution in [3.63, 3.8) is 0 Å². The van der Waals surface area contributed by atoms with Crippen LogP contribution in [0.2, 0.25) is 0 Å². The highest BCUT2D eigenvalue weighted by atomic mass is 16.6. The molecule has 3 amide bonds. The second kappa shape index (κ2) is 12.3. The van der Waals surface area contributed by atoms with Gasteiger partial charge >= 0.3 is 6.09 Å². The molecule has 2 saturated heterocycles. The largest absolute Gasteiger partial charge is 0.444 e. The first-order valence-corrected chi connectivity index (χ1v) is 14.4. The number of fused-ring (bicyclic) bond motifs is 1. The zero-order valence-electron chi connectivity index (χ0n) is 23.4. The van der Waals surface area contributed by atoms with Crippen molar-refractivity contribution in [1.82, 2.24) is 9.80 Å². The third-order valence-electron chi connectivity index (χ3n) is 8.52. The molecule has 0 bridgehead atoms. The van der Waals surface area contributed by atoms with Crippen LogP contribution in [0.25, 0.3) is 0 Å². The van der Waals surface area contributed by atoms with Crippen LogP contribution in [-0.4, -0.2) is 78.2 Å². The number of cyclic esters (lactones) is 1. The molecule has 40 heavy (non-hydrogen) atoms. The number of likely N-dealkylation sites (tertiary alicyclic amines) is 1. The lowest BCUT2D eigenvalue weighted by molar-refractivity contribution is -0.825. The summed E-state index contributed by atoms with van der Waals surface area (Å²) in [5.74, 6) is -0.175. The molecule has 3 aliphatic heterocycles. The molecule has 1 atom stereocenters. The lowest BCUT2D eigenvalue weighted by Crippen LogP contribution is -2.74.